The minimum Gasteiger partial charge on any atom is -0.494 e. The van der Waals surface area contributed by atoms with Crippen LogP contribution in [-0.4, -0.2) is 18.6 Å². The van der Waals surface area contributed by atoms with E-state index < -0.39 is 0 Å². The van der Waals surface area contributed by atoms with Crippen molar-refractivity contribution in [2.24, 2.45) is 0 Å². The highest BCUT2D eigenvalue weighted by molar-refractivity contribution is 6.36. The number of aromatic nitrogens is 1. The van der Waals surface area contributed by atoms with Gasteiger partial charge in [-0.1, -0.05) is 30.1 Å². The molecule has 1 aromatic heterocycles. The Balaban J connectivity index is 2.14. The number of hydrogen-bond acceptors (Lipinski definition) is 4. The zero-order valence-electron chi connectivity index (χ0n) is 11.8. The van der Waals surface area contributed by atoms with Crippen molar-refractivity contribution < 1.29 is 9.47 Å². The fraction of sp³-hybridized carbons (Fsp3) is 0.267. The lowest BCUT2D eigenvalue weighted by atomic mass is 10.3. The van der Waals surface area contributed by atoms with Crippen molar-refractivity contribution >= 4 is 29.0 Å². The molecule has 21 heavy (non-hydrogen) atoms. The average molecular weight is 327 g/mol. The Labute approximate surface area is 134 Å². The number of ether oxygens (including phenoxy) is 2. The summed E-state index contributed by atoms with van der Waals surface area (Å²) in [6, 6.07) is 8.88. The molecule has 0 aliphatic rings. The van der Waals surface area contributed by atoms with Crippen LogP contribution in [-0.2, 0) is 0 Å². The summed E-state index contributed by atoms with van der Waals surface area (Å²) in [5, 5.41) is 3.67. The summed E-state index contributed by atoms with van der Waals surface area (Å²) in [5.74, 6) is 2.24. The van der Waals surface area contributed by atoms with E-state index in [2.05, 4.69) is 17.2 Å². The van der Waals surface area contributed by atoms with E-state index >= 15 is 0 Å². The van der Waals surface area contributed by atoms with Gasteiger partial charge in [-0.05, 0) is 36.8 Å². The van der Waals surface area contributed by atoms with Crippen LogP contribution in [0.4, 0.5) is 5.82 Å². The van der Waals surface area contributed by atoms with Crippen molar-refractivity contribution in [1.82, 2.24) is 4.98 Å². The highest BCUT2D eigenvalue weighted by Gasteiger charge is 2.10. The second-order valence-electron chi connectivity index (χ2n) is 4.28. The normalized spacial score (nSPS) is 10.3. The van der Waals surface area contributed by atoms with Gasteiger partial charge in [-0.3, -0.25) is 0 Å². The summed E-state index contributed by atoms with van der Waals surface area (Å²) >= 11 is 12.1. The molecule has 0 atom stereocenters. The summed E-state index contributed by atoms with van der Waals surface area (Å²) in [7, 11) is 1.73. The summed E-state index contributed by atoms with van der Waals surface area (Å²) in [4.78, 5) is 4.23. The average Bonchev–Trinajstić information content (AvgIpc) is 2.49. The maximum absolute atomic E-state index is 6.08. The lowest BCUT2D eigenvalue weighted by Gasteiger charge is -2.10. The van der Waals surface area contributed by atoms with Crippen LogP contribution < -0.4 is 14.8 Å². The van der Waals surface area contributed by atoms with Crippen molar-refractivity contribution in [3.05, 3.63) is 40.4 Å². The van der Waals surface area contributed by atoms with Gasteiger partial charge in [0, 0.05) is 7.05 Å². The maximum atomic E-state index is 6.08. The van der Waals surface area contributed by atoms with E-state index in [1.54, 1.807) is 25.2 Å². The highest BCUT2D eigenvalue weighted by atomic mass is 35.5. The summed E-state index contributed by atoms with van der Waals surface area (Å²) < 4.78 is 11.2. The lowest BCUT2D eigenvalue weighted by Crippen LogP contribution is -1.97. The molecule has 1 heterocycles. The molecule has 0 radical (unpaired) electrons. The lowest BCUT2D eigenvalue weighted by molar-refractivity contribution is 0.317. The SMILES string of the molecule is CCCOc1ccc(Oc2nc(NC)c(Cl)cc2Cl)cc1. The number of nitrogens with zero attached hydrogens (tertiary/aromatic N) is 1. The van der Waals surface area contributed by atoms with Crippen LogP contribution in [0, 0.1) is 0 Å². The third-order valence-electron chi connectivity index (χ3n) is 2.65. The molecule has 6 heteroatoms. The van der Waals surface area contributed by atoms with Crippen LogP contribution in [0.2, 0.25) is 10.0 Å². The largest absolute Gasteiger partial charge is 0.494 e. The van der Waals surface area contributed by atoms with Gasteiger partial charge >= 0.3 is 0 Å². The molecule has 2 rings (SSSR count). The van der Waals surface area contributed by atoms with Crippen LogP contribution in [0.5, 0.6) is 17.4 Å². The monoisotopic (exact) mass is 326 g/mol. The predicted octanol–water partition coefficient (Wildman–Crippen LogP) is 5.01. The number of benzene rings is 1. The number of pyridine rings is 1. The molecule has 4 nitrogen and oxygen atoms in total. The van der Waals surface area contributed by atoms with Crippen molar-refractivity contribution in [1.29, 1.82) is 0 Å². The van der Waals surface area contributed by atoms with Crippen molar-refractivity contribution in [3.63, 3.8) is 0 Å². The molecule has 0 amide bonds. The fourth-order valence-corrected chi connectivity index (χ4v) is 2.12. The molecule has 0 bridgehead atoms. The topological polar surface area (TPSA) is 43.4 Å². The summed E-state index contributed by atoms with van der Waals surface area (Å²) in [6.07, 6.45) is 0.968. The molecule has 1 N–H and O–H groups in total. The maximum Gasteiger partial charge on any atom is 0.240 e. The quantitative estimate of drug-likeness (QED) is 0.810. The molecule has 0 saturated heterocycles. The molecule has 112 valence electrons. The van der Waals surface area contributed by atoms with Crippen LogP contribution in [0.3, 0.4) is 0 Å². The van der Waals surface area contributed by atoms with Crippen LogP contribution in [0.15, 0.2) is 30.3 Å². The fourth-order valence-electron chi connectivity index (χ4n) is 1.63. The van der Waals surface area contributed by atoms with E-state index in [0.29, 0.717) is 34.1 Å². The number of hydrogen-bond donors (Lipinski definition) is 1. The Hall–Kier alpha value is -1.65. The van der Waals surface area contributed by atoms with Gasteiger partial charge in [0.05, 0.1) is 11.6 Å². The van der Waals surface area contributed by atoms with Gasteiger partial charge in [0.15, 0.2) is 0 Å². The Bertz CT molecular complexity index is 603. The molecular formula is C15H16Cl2N2O2. The van der Waals surface area contributed by atoms with Gasteiger partial charge in [-0.15, -0.1) is 0 Å². The zero-order valence-corrected chi connectivity index (χ0v) is 13.3. The number of rotatable bonds is 6. The highest BCUT2D eigenvalue weighted by Crippen LogP contribution is 2.33. The molecule has 1 aromatic carbocycles. The van der Waals surface area contributed by atoms with E-state index in [4.69, 9.17) is 32.7 Å². The smallest absolute Gasteiger partial charge is 0.240 e. The van der Waals surface area contributed by atoms with Gasteiger partial charge in [0.1, 0.15) is 22.3 Å². The second-order valence-corrected chi connectivity index (χ2v) is 5.09. The molecule has 2 aromatic rings. The summed E-state index contributed by atoms with van der Waals surface area (Å²) in [6.45, 7) is 2.75. The second kappa shape index (κ2) is 7.38. The molecule has 0 aliphatic carbocycles. The van der Waals surface area contributed by atoms with E-state index in [0.717, 1.165) is 12.2 Å². The molecule has 0 aliphatic heterocycles. The van der Waals surface area contributed by atoms with Crippen molar-refractivity contribution in [2.45, 2.75) is 13.3 Å². The van der Waals surface area contributed by atoms with E-state index in [-0.39, 0.29) is 0 Å². The predicted molar refractivity (Wildman–Crippen MR) is 86.1 cm³/mol. The molecular weight excluding hydrogens is 311 g/mol. The van der Waals surface area contributed by atoms with Gasteiger partial charge in [0.2, 0.25) is 5.88 Å². The standard InChI is InChI=1S/C15H16Cl2N2O2/c1-3-8-20-10-4-6-11(7-5-10)21-15-13(17)9-12(16)14(18-2)19-15/h4-7,9H,3,8H2,1-2H3,(H,18,19). The zero-order chi connectivity index (χ0) is 15.2. The Kier molecular flexibility index (Phi) is 5.53. The van der Waals surface area contributed by atoms with E-state index in [1.807, 2.05) is 12.1 Å². The van der Waals surface area contributed by atoms with E-state index in [9.17, 15) is 0 Å². The van der Waals surface area contributed by atoms with Crippen LogP contribution in [0.25, 0.3) is 0 Å². The molecule has 0 fully saturated rings. The Morgan fingerprint density at radius 3 is 2.38 bits per heavy atom. The van der Waals surface area contributed by atoms with Crippen molar-refractivity contribution in [2.75, 3.05) is 19.0 Å². The molecule has 0 saturated carbocycles. The first kappa shape index (κ1) is 15.7. The summed E-state index contributed by atoms with van der Waals surface area (Å²) in [5.41, 5.74) is 0. The van der Waals surface area contributed by atoms with E-state index in [1.165, 1.54) is 0 Å². The number of nitrogens with one attached hydrogen (secondary N) is 1. The van der Waals surface area contributed by atoms with Gasteiger partial charge in [-0.25, -0.2) is 0 Å². The number of anilines is 1. The van der Waals surface area contributed by atoms with Gasteiger partial charge in [-0.2, -0.15) is 4.98 Å². The van der Waals surface area contributed by atoms with Gasteiger partial charge < -0.3 is 14.8 Å². The van der Waals surface area contributed by atoms with Crippen LogP contribution in [0.1, 0.15) is 13.3 Å². The molecule has 0 unspecified atom stereocenters. The van der Waals surface area contributed by atoms with Gasteiger partial charge in [0.25, 0.3) is 0 Å². The third-order valence-corrected chi connectivity index (χ3v) is 3.20. The number of halogens is 2. The first-order chi connectivity index (χ1) is 10.1. The van der Waals surface area contributed by atoms with Crippen molar-refractivity contribution in [3.8, 4) is 17.4 Å². The third kappa shape index (κ3) is 4.16. The first-order valence-corrected chi connectivity index (χ1v) is 7.34. The Morgan fingerprint density at radius 1 is 1.10 bits per heavy atom. The Morgan fingerprint density at radius 2 is 1.76 bits per heavy atom. The first-order valence-electron chi connectivity index (χ1n) is 6.58. The van der Waals surface area contributed by atoms with Crippen LogP contribution >= 0.6 is 23.2 Å². The minimum absolute atomic E-state index is 0.299. The minimum atomic E-state index is 0.299. The molecule has 0 spiro atoms.